The van der Waals surface area contributed by atoms with Gasteiger partial charge < -0.3 is 30.2 Å². The summed E-state index contributed by atoms with van der Waals surface area (Å²) in [6, 6.07) is 9.60. The van der Waals surface area contributed by atoms with E-state index in [1.165, 1.54) is 6.92 Å². The van der Waals surface area contributed by atoms with Gasteiger partial charge in [0.25, 0.3) is 0 Å². The first-order valence-corrected chi connectivity index (χ1v) is 14.4. The largest absolute Gasteiger partial charge is 0.493 e. The number of amides is 2. The van der Waals surface area contributed by atoms with Crippen molar-refractivity contribution in [2.75, 3.05) is 26.6 Å². The van der Waals surface area contributed by atoms with Crippen LogP contribution < -0.4 is 35.6 Å². The van der Waals surface area contributed by atoms with Crippen molar-refractivity contribution in [3.8, 4) is 28.4 Å². The highest BCUT2D eigenvalue weighted by Gasteiger charge is 2.30. The zero-order valence-corrected chi connectivity index (χ0v) is 25.6. The monoisotopic (exact) mass is 588 g/mol. The fourth-order valence-corrected chi connectivity index (χ4v) is 5.53. The maximum Gasteiger partial charge on any atom is 0.242 e. The van der Waals surface area contributed by atoms with Crippen molar-refractivity contribution in [1.29, 1.82) is 0 Å². The molecule has 0 spiro atoms. The molecule has 1 aromatic heterocycles. The predicted octanol–water partition coefficient (Wildman–Crippen LogP) is 4.40. The number of carbonyl (C=O) groups excluding carboxylic acids is 2. The highest BCUT2D eigenvalue weighted by molar-refractivity contribution is 5.86. The zero-order valence-electron chi connectivity index (χ0n) is 25.6. The number of methoxy groups -OCH3 is 3. The van der Waals surface area contributed by atoms with Crippen molar-refractivity contribution in [2.24, 2.45) is 5.92 Å². The number of ether oxygens (including phenoxy) is 3. The molecule has 2 aromatic carbocycles. The van der Waals surface area contributed by atoms with Crippen molar-refractivity contribution in [3.63, 3.8) is 0 Å². The van der Waals surface area contributed by atoms with Crippen molar-refractivity contribution in [2.45, 2.75) is 58.7 Å². The Morgan fingerprint density at radius 3 is 2.35 bits per heavy atom. The van der Waals surface area contributed by atoms with E-state index in [1.807, 2.05) is 38.1 Å². The number of anilines is 1. The van der Waals surface area contributed by atoms with Gasteiger partial charge in [-0.15, -0.1) is 0 Å². The van der Waals surface area contributed by atoms with Gasteiger partial charge in [-0.25, -0.2) is 0 Å². The van der Waals surface area contributed by atoms with Crippen LogP contribution in [0.4, 0.5) is 5.69 Å². The van der Waals surface area contributed by atoms with Gasteiger partial charge in [-0.3, -0.25) is 19.4 Å². The molecule has 3 aromatic rings. The van der Waals surface area contributed by atoms with E-state index in [0.717, 1.165) is 22.3 Å². The molecule has 4 rings (SSSR count). The summed E-state index contributed by atoms with van der Waals surface area (Å²) in [7, 11) is 4.67. The van der Waals surface area contributed by atoms with Gasteiger partial charge in [0, 0.05) is 31.4 Å². The molecule has 0 fully saturated rings. The summed E-state index contributed by atoms with van der Waals surface area (Å²) >= 11 is 0. The molecule has 228 valence electrons. The number of benzene rings is 1. The van der Waals surface area contributed by atoms with Crippen LogP contribution in [0, 0.1) is 5.92 Å². The number of nitrogens with zero attached hydrogens (tertiary/aromatic N) is 1. The molecule has 43 heavy (non-hydrogen) atoms. The molecular formula is C33H40N4O6. The van der Waals surface area contributed by atoms with Crippen LogP contribution in [0.2, 0.25) is 0 Å². The summed E-state index contributed by atoms with van der Waals surface area (Å²) in [4.78, 5) is 43.3. The quantitative estimate of drug-likeness (QED) is 0.301. The van der Waals surface area contributed by atoms with Crippen LogP contribution in [-0.4, -0.2) is 44.2 Å². The first-order chi connectivity index (χ1) is 20.7. The lowest BCUT2D eigenvalue weighted by atomic mass is 9.95. The van der Waals surface area contributed by atoms with Crippen LogP contribution >= 0.6 is 0 Å². The van der Waals surface area contributed by atoms with Crippen LogP contribution in [0.25, 0.3) is 11.1 Å². The lowest BCUT2D eigenvalue weighted by Crippen LogP contribution is -2.41. The molecule has 0 aliphatic heterocycles. The molecule has 0 radical (unpaired) electrons. The topological polar surface area (TPSA) is 128 Å². The maximum absolute atomic E-state index is 13.8. The Hall–Kier alpha value is -4.60. The van der Waals surface area contributed by atoms with Crippen molar-refractivity contribution in [3.05, 3.63) is 75.7 Å². The van der Waals surface area contributed by atoms with E-state index in [4.69, 9.17) is 14.2 Å². The minimum atomic E-state index is -0.644. The van der Waals surface area contributed by atoms with Crippen LogP contribution in [0.15, 0.2) is 53.6 Å². The Morgan fingerprint density at radius 2 is 1.72 bits per heavy atom. The summed E-state index contributed by atoms with van der Waals surface area (Å²) in [5.41, 5.74) is 3.98. The molecule has 2 unspecified atom stereocenters. The Kier molecular flexibility index (Phi) is 10.2. The fraction of sp³-hybridized carbons (Fsp3) is 0.394. The maximum atomic E-state index is 13.8. The second-order valence-corrected chi connectivity index (χ2v) is 11.0. The van der Waals surface area contributed by atoms with Gasteiger partial charge in [-0.2, -0.15) is 0 Å². The summed E-state index contributed by atoms with van der Waals surface area (Å²) < 4.78 is 17.1. The number of rotatable bonds is 11. The van der Waals surface area contributed by atoms with Crippen LogP contribution in [0.3, 0.4) is 0 Å². The number of nitrogens with one attached hydrogen (secondary N) is 3. The van der Waals surface area contributed by atoms with E-state index in [0.29, 0.717) is 48.6 Å². The lowest BCUT2D eigenvalue weighted by molar-refractivity contribution is -0.122. The third-order valence-electron chi connectivity index (χ3n) is 7.49. The van der Waals surface area contributed by atoms with Crippen molar-refractivity contribution in [1.82, 2.24) is 15.6 Å². The van der Waals surface area contributed by atoms with Crippen molar-refractivity contribution < 1.29 is 23.8 Å². The third kappa shape index (κ3) is 7.25. The Bertz CT molecular complexity index is 1530. The van der Waals surface area contributed by atoms with Gasteiger partial charge in [-0.05, 0) is 77.8 Å². The predicted molar refractivity (Wildman–Crippen MR) is 166 cm³/mol. The number of carbonyl (C=O) groups is 2. The standard InChI is InChI=1S/C33H40N4O6/c1-19(2)15-27(33(40)35-18-21-11-13-34-14-12-21)37-26-10-8-23-24(17-28(26)39)25(36-20(3)38)9-7-22-16-29(41-4)31(42-5)32(43-6)30(22)23/h8,10-14,16-17,19,25,27H,7,9,15,18H2,1-6H3,(H,35,40)(H,36,38)(H,37,39). The van der Waals surface area contributed by atoms with Gasteiger partial charge in [-0.1, -0.05) is 19.9 Å². The van der Waals surface area contributed by atoms with Gasteiger partial charge in [0.15, 0.2) is 11.5 Å². The summed E-state index contributed by atoms with van der Waals surface area (Å²) in [5.74, 6) is 1.21. The molecule has 1 aliphatic rings. The third-order valence-corrected chi connectivity index (χ3v) is 7.49. The number of fused-ring (bicyclic) bond motifs is 3. The molecule has 0 saturated heterocycles. The van der Waals surface area contributed by atoms with E-state index in [9.17, 15) is 14.4 Å². The summed E-state index contributed by atoms with van der Waals surface area (Å²) in [6.07, 6.45) is 5.02. The molecule has 2 amide bonds. The fourth-order valence-electron chi connectivity index (χ4n) is 5.53. The van der Waals surface area contributed by atoms with Crippen LogP contribution in [-0.2, 0) is 22.6 Å². The Morgan fingerprint density at radius 1 is 1.00 bits per heavy atom. The van der Waals surface area contributed by atoms with Crippen molar-refractivity contribution >= 4 is 17.5 Å². The van der Waals surface area contributed by atoms with Gasteiger partial charge in [0.05, 0.1) is 33.1 Å². The highest BCUT2D eigenvalue weighted by atomic mass is 16.5. The lowest BCUT2D eigenvalue weighted by Gasteiger charge is -2.20. The minimum Gasteiger partial charge on any atom is -0.493 e. The molecule has 3 N–H and O–H groups in total. The van der Waals surface area contributed by atoms with E-state index in [1.54, 1.807) is 45.9 Å². The number of hydrogen-bond acceptors (Lipinski definition) is 8. The molecule has 1 heterocycles. The van der Waals surface area contributed by atoms with Gasteiger partial charge >= 0.3 is 0 Å². The highest BCUT2D eigenvalue weighted by Crippen LogP contribution is 2.50. The zero-order chi connectivity index (χ0) is 31.1. The number of hydrogen-bond donors (Lipinski definition) is 3. The van der Waals surface area contributed by atoms with Crippen LogP contribution in [0.5, 0.6) is 17.2 Å². The number of aryl methyl sites for hydroxylation is 1. The van der Waals surface area contributed by atoms with Crippen LogP contribution in [0.1, 0.15) is 56.3 Å². The molecule has 2 atom stereocenters. The Labute approximate surface area is 252 Å². The second kappa shape index (κ2) is 14.0. The average Bonchev–Trinajstić information content (AvgIpc) is 3.23. The molecule has 10 heteroatoms. The van der Waals surface area contributed by atoms with Gasteiger partial charge in [0.1, 0.15) is 6.04 Å². The molecule has 0 bridgehead atoms. The number of aromatic nitrogens is 1. The molecule has 10 nitrogen and oxygen atoms in total. The SMILES string of the molecule is COc1cc2c(c(OC)c1OC)-c1ccc(NC(CC(C)C)C(=O)NCc3ccncc3)c(=O)cc1C(NC(C)=O)CC2. The minimum absolute atomic E-state index is 0.191. The average molecular weight is 589 g/mol. The second-order valence-electron chi connectivity index (χ2n) is 11.0. The summed E-state index contributed by atoms with van der Waals surface area (Å²) in [5, 5.41) is 9.21. The van der Waals surface area contributed by atoms with Gasteiger partial charge in [0.2, 0.25) is 23.0 Å². The van der Waals surface area contributed by atoms with E-state index >= 15 is 0 Å². The van der Waals surface area contributed by atoms with E-state index in [2.05, 4.69) is 20.9 Å². The Balaban J connectivity index is 1.81. The molecule has 1 aliphatic carbocycles. The first-order valence-electron chi connectivity index (χ1n) is 14.4. The molecular weight excluding hydrogens is 548 g/mol. The van der Waals surface area contributed by atoms with E-state index in [-0.39, 0.29) is 28.8 Å². The molecule has 0 saturated carbocycles. The normalized spacial score (nSPS) is 14.4. The summed E-state index contributed by atoms with van der Waals surface area (Å²) in [6.45, 7) is 5.86. The first kappa shape index (κ1) is 31.3. The number of pyridine rings is 1. The van der Waals surface area contributed by atoms with E-state index < -0.39 is 12.1 Å². The smallest absolute Gasteiger partial charge is 0.242 e.